The first-order valence-corrected chi connectivity index (χ1v) is 31.6. The van der Waals surface area contributed by atoms with Crippen LogP contribution in [0.5, 0.6) is 34.5 Å². The average Bonchev–Trinajstić information content (AvgIpc) is 1.18. The zero-order valence-electron chi connectivity index (χ0n) is 47.6. The van der Waals surface area contributed by atoms with E-state index in [9.17, 15) is 0 Å². The zero-order valence-corrected chi connectivity index (χ0v) is 49.4. The molecule has 0 aliphatic carbocycles. The lowest BCUT2D eigenvalue weighted by Crippen LogP contribution is -2.26. The summed E-state index contributed by atoms with van der Waals surface area (Å²) >= 11 is 0. The first-order valence-electron chi connectivity index (χ1n) is 28.9. The van der Waals surface area contributed by atoms with Crippen molar-refractivity contribution in [1.29, 1.82) is 0 Å². The first kappa shape index (κ1) is 56.8. The predicted molar refractivity (Wildman–Crippen MR) is 354 cm³/mol. The molecule has 0 radical (unpaired) electrons. The SMILES string of the molecule is c1ccc(COc2cc(COc3cccc(P(c4ccccc4)c4ccccc4)c3-c3c(OCc4cc(OCc5ccccc5)cc(OCc5ccccc5)c4)cccc3P(c3ccccc3)c3ccccc3)cc(OCc3ccccc3)c2)cc1. The Morgan fingerprint density at radius 3 is 0.686 bits per heavy atom. The van der Waals surface area contributed by atoms with Gasteiger partial charge in [0, 0.05) is 23.3 Å². The van der Waals surface area contributed by atoms with E-state index < -0.39 is 15.8 Å². The summed E-state index contributed by atoms with van der Waals surface area (Å²) in [6.45, 7) is 2.02. The molecule has 0 saturated heterocycles. The third-order valence-electron chi connectivity index (χ3n) is 14.5. The lowest BCUT2D eigenvalue weighted by molar-refractivity contribution is 0.281. The summed E-state index contributed by atoms with van der Waals surface area (Å²) in [5, 5.41) is 7.09. The third-order valence-corrected chi connectivity index (χ3v) is 19.4. The first-order chi connectivity index (χ1) is 42.6. The second kappa shape index (κ2) is 28.7. The monoisotopic (exact) mass is 1160 g/mol. The predicted octanol–water partition coefficient (Wildman–Crippen LogP) is 16.3. The van der Waals surface area contributed by atoms with Crippen molar-refractivity contribution in [1.82, 2.24) is 0 Å². The van der Waals surface area contributed by atoms with Gasteiger partial charge in [-0.15, -0.1) is 0 Å². The number of ether oxygens (including phenoxy) is 6. The molecule has 0 bridgehead atoms. The van der Waals surface area contributed by atoms with E-state index in [1.54, 1.807) is 0 Å². The van der Waals surface area contributed by atoms with Crippen LogP contribution in [0.2, 0.25) is 0 Å². The quantitative estimate of drug-likeness (QED) is 0.0532. The lowest BCUT2D eigenvalue weighted by atomic mass is 10.0. The van der Waals surface area contributed by atoms with Crippen molar-refractivity contribution in [3.05, 3.63) is 349 Å². The third kappa shape index (κ3) is 14.8. The van der Waals surface area contributed by atoms with Crippen molar-refractivity contribution in [2.45, 2.75) is 39.6 Å². The van der Waals surface area contributed by atoms with Crippen LogP contribution in [0.15, 0.2) is 315 Å². The minimum Gasteiger partial charge on any atom is -0.489 e. The molecule has 0 unspecified atom stereocenters. The van der Waals surface area contributed by atoms with Crippen molar-refractivity contribution in [3.8, 4) is 45.6 Å². The maximum Gasteiger partial charge on any atom is 0.128 e. The Balaban J connectivity index is 1.01. The highest BCUT2D eigenvalue weighted by molar-refractivity contribution is 7.80. The van der Waals surface area contributed by atoms with E-state index in [2.05, 4.69) is 231 Å². The van der Waals surface area contributed by atoms with E-state index in [0.29, 0.717) is 60.9 Å². The van der Waals surface area contributed by atoms with Crippen LogP contribution in [0.4, 0.5) is 0 Å². The maximum absolute atomic E-state index is 7.42. The highest BCUT2D eigenvalue weighted by atomic mass is 31.1. The van der Waals surface area contributed by atoms with Crippen molar-refractivity contribution in [2.24, 2.45) is 0 Å². The lowest BCUT2D eigenvalue weighted by Gasteiger charge is -2.29. The summed E-state index contributed by atoms with van der Waals surface area (Å²) in [7, 11) is -2.40. The van der Waals surface area contributed by atoms with E-state index in [4.69, 9.17) is 28.4 Å². The van der Waals surface area contributed by atoms with E-state index in [0.717, 1.165) is 55.1 Å². The van der Waals surface area contributed by atoms with Crippen LogP contribution >= 0.6 is 15.8 Å². The second-order valence-corrected chi connectivity index (χ2v) is 25.0. The normalized spacial score (nSPS) is 11.0. The van der Waals surface area contributed by atoms with Crippen LogP contribution in [-0.2, 0) is 39.6 Å². The molecule has 12 rings (SSSR count). The molecule has 0 saturated carbocycles. The summed E-state index contributed by atoms with van der Waals surface area (Å²) in [6.07, 6.45) is 0. The molecule has 8 heteroatoms. The standard InChI is InChI=1S/C78H64O6P2/c1-9-27-59(28-10-1)53-79-65-47-63(48-66(51-65)80-54-60-29-11-2-12-30-60)57-83-73-43-25-45-75(85(69-35-17-5-18-36-69)70-37-19-6-20-38-70)77(73)78-74(44-26-46-76(78)86(71-39-21-7-22-40-71)72-41-23-8-24-42-72)84-58-64-49-67(81-55-61-31-13-3-14-32-61)52-68(50-64)82-56-62-33-15-4-16-34-62/h1-52H,53-58H2. The molecule has 0 fully saturated rings. The Kier molecular flexibility index (Phi) is 19.0. The molecular formula is C78H64O6P2. The van der Waals surface area contributed by atoms with Gasteiger partial charge >= 0.3 is 0 Å². The highest BCUT2D eigenvalue weighted by Gasteiger charge is 2.30. The fraction of sp³-hybridized carbons (Fsp3) is 0.0769. The summed E-state index contributed by atoms with van der Waals surface area (Å²) in [5.74, 6) is 4.16. The van der Waals surface area contributed by atoms with Gasteiger partial charge < -0.3 is 28.4 Å². The van der Waals surface area contributed by atoms with E-state index in [1.807, 2.05) is 84.9 Å². The largest absolute Gasteiger partial charge is 0.489 e. The summed E-state index contributed by atoms with van der Waals surface area (Å²) < 4.78 is 41.0. The molecule has 0 N–H and O–H groups in total. The molecule has 12 aromatic carbocycles. The Hall–Kier alpha value is -9.70. The topological polar surface area (TPSA) is 55.4 Å². The Morgan fingerprint density at radius 1 is 0.198 bits per heavy atom. The highest BCUT2D eigenvalue weighted by Crippen LogP contribution is 2.48. The van der Waals surface area contributed by atoms with Crippen LogP contribution < -0.4 is 60.2 Å². The van der Waals surface area contributed by atoms with E-state index in [-0.39, 0.29) is 13.2 Å². The van der Waals surface area contributed by atoms with E-state index >= 15 is 0 Å². The van der Waals surface area contributed by atoms with Crippen LogP contribution in [0.3, 0.4) is 0 Å². The fourth-order valence-corrected chi connectivity index (χ4v) is 15.3. The average molecular weight is 1160 g/mol. The van der Waals surface area contributed by atoms with Gasteiger partial charge in [0.15, 0.2) is 0 Å². The summed E-state index contributed by atoms with van der Waals surface area (Å²) in [4.78, 5) is 0. The van der Waals surface area contributed by atoms with Gasteiger partial charge in [-0.25, -0.2) is 0 Å². The van der Waals surface area contributed by atoms with Crippen LogP contribution in [0.25, 0.3) is 11.1 Å². The molecule has 422 valence electrons. The number of rotatable bonds is 25. The summed E-state index contributed by atoms with van der Waals surface area (Å²) in [6, 6.07) is 110. The Morgan fingerprint density at radius 2 is 0.430 bits per heavy atom. The number of hydrogen-bond donors (Lipinski definition) is 0. The van der Waals surface area contributed by atoms with Crippen LogP contribution in [-0.4, -0.2) is 0 Å². The van der Waals surface area contributed by atoms with E-state index in [1.165, 1.54) is 21.2 Å². The van der Waals surface area contributed by atoms with Crippen LogP contribution in [0.1, 0.15) is 33.4 Å². The molecule has 0 amide bonds. The molecule has 0 atom stereocenters. The van der Waals surface area contributed by atoms with Crippen LogP contribution in [0, 0.1) is 0 Å². The van der Waals surface area contributed by atoms with Crippen molar-refractivity contribution in [3.63, 3.8) is 0 Å². The zero-order chi connectivity index (χ0) is 58.0. The molecule has 0 heterocycles. The molecular weight excluding hydrogens is 1090 g/mol. The van der Waals surface area contributed by atoms with Gasteiger partial charge in [-0.3, -0.25) is 0 Å². The van der Waals surface area contributed by atoms with Gasteiger partial charge in [0.2, 0.25) is 0 Å². The maximum atomic E-state index is 7.42. The summed E-state index contributed by atoms with van der Waals surface area (Å²) in [5.41, 5.74) is 7.98. The minimum absolute atomic E-state index is 0.210. The Labute approximate surface area is 507 Å². The van der Waals surface area contributed by atoms with Crippen molar-refractivity contribution in [2.75, 3.05) is 0 Å². The molecule has 0 aliphatic rings. The van der Waals surface area contributed by atoms with Gasteiger partial charge in [-0.2, -0.15) is 0 Å². The molecule has 0 aromatic heterocycles. The minimum atomic E-state index is -1.20. The fourth-order valence-electron chi connectivity index (χ4n) is 10.4. The molecule has 0 spiro atoms. The molecule has 86 heavy (non-hydrogen) atoms. The van der Waals surface area contributed by atoms with Gasteiger partial charge in [0.05, 0.1) is 0 Å². The van der Waals surface area contributed by atoms with Crippen molar-refractivity contribution >= 4 is 47.7 Å². The van der Waals surface area contributed by atoms with Gasteiger partial charge in [0.1, 0.15) is 74.1 Å². The van der Waals surface area contributed by atoms with Crippen molar-refractivity contribution < 1.29 is 28.4 Å². The molecule has 6 nitrogen and oxygen atoms in total. The molecule has 12 aromatic rings. The smallest absolute Gasteiger partial charge is 0.128 e. The van der Waals surface area contributed by atoms with Gasteiger partial charge in [-0.1, -0.05) is 267 Å². The second-order valence-electron chi connectivity index (χ2n) is 20.6. The number of benzene rings is 12. The Bertz CT molecular complexity index is 3580. The van der Waals surface area contributed by atoms with Gasteiger partial charge in [-0.05, 0) is 117 Å². The van der Waals surface area contributed by atoms with Gasteiger partial charge in [0.25, 0.3) is 0 Å². The number of hydrogen-bond acceptors (Lipinski definition) is 6. The molecule has 0 aliphatic heterocycles.